The van der Waals surface area contributed by atoms with Gasteiger partial charge < -0.3 is 4.98 Å². The highest BCUT2D eigenvalue weighted by Gasteiger charge is 1.97. The third kappa shape index (κ3) is 11.8. The normalized spacial score (nSPS) is 10.6. The lowest BCUT2D eigenvalue weighted by atomic mass is 10.0. The van der Waals surface area contributed by atoms with Crippen molar-refractivity contribution in [2.45, 2.75) is 97.3 Å². The van der Waals surface area contributed by atoms with Gasteiger partial charge in [0.1, 0.15) is 5.82 Å². The molecular weight excluding hydrogens is 280 g/mol. The van der Waals surface area contributed by atoms with E-state index in [9.17, 15) is 0 Å². The second-order valence-corrected chi connectivity index (χ2v) is 6.13. The van der Waals surface area contributed by atoms with E-state index in [4.69, 9.17) is 0 Å². The molecule has 0 amide bonds. The quantitative estimate of drug-likeness (QED) is 0.420. The standard InChI is InChI=1S/C18H34N2.ClH/c1-3-4-5-6-7-8-9-10-11-12-13-14-15-18-16-19-17(2)20-18;/h16H,3-15H2,1-2H3,(H,19,20);1H. The van der Waals surface area contributed by atoms with Crippen LogP contribution in [0, 0.1) is 6.92 Å². The molecule has 0 unspecified atom stereocenters. The number of hydrogen-bond donors (Lipinski definition) is 1. The van der Waals surface area contributed by atoms with E-state index in [-0.39, 0.29) is 12.4 Å². The Labute approximate surface area is 137 Å². The molecule has 0 fully saturated rings. The molecule has 0 saturated heterocycles. The third-order valence-electron chi connectivity index (χ3n) is 4.06. The number of unbranched alkanes of at least 4 members (excludes halogenated alkanes) is 11. The fraction of sp³-hybridized carbons (Fsp3) is 0.833. The predicted octanol–water partition coefficient (Wildman–Crippen LogP) is 6.38. The lowest BCUT2D eigenvalue weighted by molar-refractivity contribution is 0.543. The van der Waals surface area contributed by atoms with Gasteiger partial charge in [0.2, 0.25) is 0 Å². The maximum absolute atomic E-state index is 4.24. The van der Waals surface area contributed by atoms with Crippen molar-refractivity contribution in [2.24, 2.45) is 0 Å². The van der Waals surface area contributed by atoms with Crippen LogP contribution in [0.15, 0.2) is 6.20 Å². The molecule has 2 nitrogen and oxygen atoms in total. The summed E-state index contributed by atoms with van der Waals surface area (Å²) in [5, 5.41) is 0. The van der Waals surface area contributed by atoms with Gasteiger partial charge in [-0.15, -0.1) is 12.4 Å². The summed E-state index contributed by atoms with van der Waals surface area (Å²) in [6.45, 7) is 4.30. The van der Waals surface area contributed by atoms with Gasteiger partial charge in [-0.05, 0) is 19.8 Å². The van der Waals surface area contributed by atoms with Gasteiger partial charge >= 0.3 is 0 Å². The molecule has 0 aliphatic carbocycles. The Morgan fingerprint density at radius 3 is 1.71 bits per heavy atom. The molecular formula is C18H35ClN2. The molecule has 0 aromatic carbocycles. The highest BCUT2D eigenvalue weighted by Crippen LogP contribution is 2.12. The number of aryl methyl sites for hydroxylation is 2. The van der Waals surface area contributed by atoms with Crippen molar-refractivity contribution in [3.8, 4) is 0 Å². The molecule has 0 aliphatic rings. The van der Waals surface area contributed by atoms with Crippen molar-refractivity contribution in [3.63, 3.8) is 0 Å². The Morgan fingerprint density at radius 2 is 1.29 bits per heavy atom. The first-order valence-corrected chi connectivity index (χ1v) is 8.83. The van der Waals surface area contributed by atoms with E-state index in [2.05, 4.69) is 16.9 Å². The second kappa shape index (κ2) is 14.4. The maximum atomic E-state index is 4.24. The molecule has 0 bridgehead atoms. The Kier molecular flexibility index (Phi) is 14.1. The van der Waals surface area contributed by atoms with E-state index in [0.717, 1.165) is 12.2 Å². The average Bonchev–Trinajstić information content (AvgIpc) is 2.86. The zero-order valence-electron chi connectivity index (χ0n) is 14.1. The highest BCUT2D eigenvalue weighted by atomic mass is 35.5. The smallest absolute Gasteiger partial charge is 0.103 e. The number of hydrogen-bond acceptors (Lipinski definition) is 1. The summed E-state index contributed by atoms with van der Waals surface area (Å²) in [7, 11) is 0. The molecule has 21 heavy (non-hydrogen) atoms. The van der Waals surface area contributed by atoms with Gasteiger partial charge in [-0.3, -0.25) is 0 Å². The summed E-state index contributed by atoms with van der Waals surface area (Å²) in [6.07, 6.45) is 20.1. The van der Waals surface area contributed by atoms with Crippen LogP contribution < -0.4 is 0 Å². The summed E-state index contributed by atoms with van der Waals surface area (Å²) in [6, 6.07) is 0. The highest BCUT2D eigenvalue weighted by molar-refractivity contribution is 5.85. The SMILES string of the molecule is CCCCCCCCCCCCCCc1cnc(C)[nH]1.Cl. The molecule has 1 aromatic rings. The van der Waals surface area contributed by atoms with Crippen LogP contribution in [0.3, 0.4) is 0 Å². The maximum Gasteiger partial charge on any atom is 0.103 e. The average molecular weight is 315 g/mol. The van der Waals surface area contributed by atoms with Crippen molar-refractivity contribution >= 4 is 12.4 Å². The van der Waals surface area contributed by atoms with Crippen LogP contribution in [0.1, 0.15) is 95.5 Å². The number of rotatable bonds is 13. The summed E-state index contributed by atoms with van der Waals surface area (Å²) < 4.78 is 0. The second-order valence-electron chi connectivity index (χ2n) is 6.13. The summed E-state index contributed by atoms with van der Waals surface area (Å²) >= 11 is 0. The van der Waals surface area contributed by atoms with Crippen LogP contribution >= 0.6 is 12.4 Å². The number of H-pyrrole nitrogens is 1. The van der Waals surface area contributed by atoms with Gasteiger partial charge in [0, 0.05) is 11.9 Å². The van der Waals surface area contributed by atoms with Gasteiger partial charge in [-0.2, -0.15) is 0 Å². The van der Waals surface area contributed by atoms with Crippen LogP contribution in [0.2, 0.25) is 0 Å². The molecule has 0 aliphatic heterocycles. The number of imidazole rings is 1. The minimum Gasteiger partial charge on any atom is -0.346 e. The molecule has 0 spiro atoms. The largest absolute Gasteiger partial charge is 0.346 e. The van der Waals surface area contributed by atoms with Gasteiger partial charge in [0.05, 0.1) is 0 Å². The van der Waals surface area contributed by atoms with Crippen LogP contribution in [0.25, 0.3) is 0 Å². The first-order valence-electron chi connectivity index (χ1n) is 8.83. The fourth-order valence-corrected chi connectivity index (χ4v) is 2.76. The van der Waals surface area contributed by atoms with E-state index in [1.165, 1.54) is 82.7 Å². The van der Waals surface area contributed by atoms with Crippen molar-refractivity contribution in [2.75, 3.05) is 0 Å². The number of aromatic nitrogens is 2. The summed E-state index contributed by atoms with van der Waals surface area (Å²) in [5.74, 6) is 1.04. The zero-order chi connectivity index (χ0) is 14.5. The van der Waals surface area contributed by atoms with Crippen molar-refractivity contribution in [1.29, 1.82) is 0 Å². The first-order chi connectivity index (χ1) is 9.83. The Bertz CT molecular complexity index is 323. The van der Waals surface area contributed by atoms with E-state index < -0.39 is 0 Å². The molecule has 1 aromatic heterocycles. The molecule has 0 atom stereocenters. The zero-order valence-corrected chi connectivity index (χ0v) is 14.9. The van der Waals surface area contributed by atoms with Crippen LogP contribution in [0.5, 0.6) is 0 Å². The van der Waals surface area contributed by atoms with Crippen molar-refractivity contribution in [3.05, 3.63) is 17.7 Å². The summed E-state index contributed by atoms with van der Waals surface area (Å²) in [5.41, 5.74) is 1.30. The minimum atomic E-state index is 0. The fourth-order valence-electron chi connectivity index (χ4n) is 2.76. The molecule has 1 heterocycles. The molecule has 3 heteroatoms. The van der Waals surface area contributed by atoms with Crippen LogP contribution in [-0.4, -0.2) is 9.97 Å². The van der Waals surface area contributed by atoms with Crippen LogP contribution in [-0.2, 0) is 6.42 Å². The Morgan fingerprint density at radius 1 is 0.810 bits per heavy atom. The molecule has 1 N–H and O–H groups in total. The lowest BCUT2D eigenvalue weighted by Gasteiger charge is -2.02. The van der Waals surface area contributed by atoms with Crippen LogP contribution in [0.4, 0.5) is 0 Å². The first kappa shape index (κ1) is 20.5. The predicted molar refractivity (Wildman–Crippen MR) is 95.4 cm³/mol. The molecule has 0 saturated carbocycles. The van der Waals surface area contributed by atoms with Gasteiger partial charge in [-0.25, -0.2) is 4.98 Å². The molecule has 124 valence electrons. The van der Waals surface area contributed by atoms with Gasteiger partial charge in [0.25, 0.3) is 0 Å². The minimum absolute atomic E-state index is 0. The van der Waals surface area contributed by atoms with Crippen molar-refractivity contribution < 1.29 is 0 Å². The van der Waals surface area contributed by atoms with E-state index >= 15 is 0 Å². The number of nitrogens with one attached hydrogen (secondary N) is 1. The Hall–Kier alpha value is -0.500. The Balaban J connectivity index is 0.00000400. The summed E-state index contributed by atoms with van der Waals surface area (Å²) in [4.78, 5) is 7.54. The number of halogens is 1. The monoisotopic (exact) mass is 314 g/mol. The van der Waals surface area contributed by atoms with E-state index in [0.29, 0.717) is 0 Å². The van der Waals surface area contributed by atoms with E-state index in [1.807, 2.05) is 13.1 Å². The van der Waals surface area contributed by atoms with Gasteiger partial charge in [-0.1, -0.05) is 77.6 Å². The van der Waals surface area contributed by atoms with Gasteiger partial charge in [0.15, 0.2) is 0 Å². The van der Waals surface area contributed by atoms with Crippen molar-refractivity contribution in [1.82, 2.24) is 9.97 Å². The van der Waals surface area contributed by atoms with E-state index in [1.54, 1.807) is 0 Å². The topological polar surface area (TPSA) is 28.7 Å². The number of nitrogens with zero attached hydrogens (tertiary/aromatic N) is 1. The molecule has 1 rings (SSSR count). The third-order valence-corrected chi connectivity index (χ3v) is 4.06. The number of aromatic amines is 1. The molecule has 0 radical (unpaired) electrons. The lowest BCUT2D eigenvalue weighted by Crippen LogP contribution is -1.87.